The lowest BCUT2D eigenvalue weighted by molar-refractivity contribution is -0.154. The van der Waals surface area contributed by atoms with E-state index in [1.807, 2.05) is 20.8 Å². The van der Waals surface area contributed by atoms with Crippen molar-refractivity contribution in [3.63, 3.8) is 0 Å². The maximum Gasteiger partial charge on any atom is 0.306 e. The number of carbonyl (C=O) groups is 2. The van der Waals surface area contributed by atoms with Crippen LogP contribution >= 0.6 is 0 Å². The summed E-state index contributed by atoms with van der Waals surface area (Å²) in [5, 5.41) is 11.2. The van der Waals surface area contributed by atoms with E-state index in [-0.39, 0.29) is 18.1 Å². The third kappa shape index (κ3) is 7.00. The van der Waals surface area contributed by atoms with Crippen LogP contribution < -0.4 is 11.2 Å². The molecule has 0 bridgehead atoms. The first-order chi connectivity index (χ1) is 9.78. The number of hydrogen-bond acceptors (Lipinski definition) is 7. The number of ether oxygens (including phenoxy) is 1. The van der Waals surface area contributed by atoms with Gasteiger partial charge in [-0.3, -0.25) is 15.0 Å². The smallest absolute Gasteiger partial charge is 0.306 e. The Morgan fingerprint density at radius 2 is 2.10 bits per heavy atom. The fourth-order valence-corrected chi connectivity index (χ4v) is 1.27. The van der Waals surface area contributed by atoms with Crippen molar-refractivity contribution in [3.8, 4) is 0 Å². The van der Waals surface area contributed by atoms with Crippen LogP contribution in [0, 0.1) is 0 Å². The standard InChI is InChI=1S/C13H19N5O3/c1-13(2,3)21-11(19)5-4-8-15-17-10-7-6-9(12(14)20)16-18-10/h6-8H,4-5H2,1-3H3,(H2,14,20)(H,17,18). The summed E-state index contributed by atoms with van der Waals surface area (Å²) in [7, 11) is 0. The van der Waals surface area contributed by atoms with Gasteiger partial charge in [-0.05, 0) is 39.3 Å². The van der Waals surface area contributed by atoms with Crippen LogP contribution in [0.15, 0.2) is 17.2 Å². The summed E-state index contributed by atoms with van der Waals surface area (Å²) >= 11 is 0. The average Bonchev–Trinajstić information content (AvgIpc) is 2.36. The number of carbonyl (C=O) groups excluding carboxylic acids is 2. The number of hydrazone groups is 1. The Labute approximate surface area is 122 Å². The van der Waals surface area contributed by atoms with E-state index in [4.69, 9.17) is 10.5 Å². The van der Waals surface area contributed by atoms with Crippen LogP contribution in [0.3, 0.4) is 0 Å². The number of esters is 1. The van der Waals surface area contributed by atoms with Crippen LogP contribution in [0.5, 0.6) is 0 Å². The highest BCUT2D eigenvalue weighted by Crippen LogP contribution is 2.08. The lowest BCUT2D eigenvalue weighted by Crippen LogP contribution is -2.23. The maximum atomic E-state index is 11.4. The van der Waals surface area contributed by atoms with Gasteiger partial charge in [0.25, 0.3) is 5.91 Å². The van der Waals surface area contributed by atoms with Crippen LogP contribution in [-0.2, 0) is 9.53 Å². The van der Waals surface area contributed by atoms with E-state index in [0.29, 0.717) is 12.2 Å². The van der Waals surface area contributed by atoms with E-state index in [9.17, 15) is 9.59 Å². The Kier molecular flexibility index (Phi) is 5.77. The second-order valence-corrected chi connectivity index (χ2v) is 5.22. The normalized spacial score (nSPS) is 11.4. The molecule has 0 aliphatic rings. The van der Waals surface area contributed by atoms with Gasteiger partial charge in [-0.25, -0.2) is 0 Å². The summed E-state index contributed by atoms with van der Waals surface area (Å²) in [6, 6.07) is 2.96. The van der Waals surface area contributed by atoms with Crippen molar-refractivity contribution >= 4 is 23.9 Å². The molecule has 1 aromatic heterocycles. The van der Waals surface area contributed by atoms with Crippen molar-refractivity contribution in [2.24, 2.45) is 10.8 Å². The minimum atomic E-state index is -0.644. The Hall–Kier alpha value is -2.51. The van der Waals surface area contributed by atoms with Gasteiger partial charge >= 0.3 is 5.97 Å². The van der Waals surface area contributed by atoms with E-state index in [2.05, 4.69) is 20.7 Å². The third-order valence-corrected chi connectivity index (χ3v) is 2.08. The molecule has 0 aliphatic carbocycles. The van der Waals surface area contributed by atoms with Gasteiger partial charge in [0.1, 0.15) is 5.60 Å². The van der Waals surface area contributed by atoms with Crippen molar-refractivity contribution < 1.29 is 14.3 Å². The second-order valence-electron chi connectivity index (χ2n) is 5.22. The average molecular weight is 293 g/mol. The van der Waals surface area contributed by atoms with Crippen LogP contribution in [0.4, 0.5) is 5.82 Å². The van der Waals surface area contributed by atoms with Gasteiger partial charge in [-0.15, -0.1) is 10.2 Å². The first-order valence-electron chi connectivity index (χ1n) is 6.41. The zero-order valence-corrected chi connectivity index (χ0v) is 12.3. The summed E-state index contributed by atoms with van der Waals surface area (Å²) in [5.41, 5.74) is 7.26. The molecule has 0 saturated heterocycles. The number of anilines is 1. The molecule has 0 atom stereocenters. The molecule has 21 heavy (non-hydrogen) atoms. The van der Waals surface area contributed by atoms with Crippen LogP contribution in [0.25, 0.3) is 0 Å². The highest BCUT2D eigenvalue weighted by Gasteiger charge is 2.15. The van der Waals surface area contributed by atoms with E-state index in [1.165, 1.54) is 18.3 Å². The van der Waals surface area contributed by atoms with Gasteiger partial charge in [0.15, 0.2) is 11.5 Å². The molecule has 1 aromatic rings. The fraction of sp³-hybridized carbons (Fsp3) is 0.462. The van der Waals surface area contributed by atoms with Gasteiger partial charge in [0.2, 0.25) is 0 Å². The number of rotatable bonds is 6. The predicted molar refractivity (Wildman–Crippen MR) is 77.7 cm³/mol. The molecule has 0 aliphatic heterocycles. The SMILES string of the molecule is CC(C)(C)OC(=O)CCC=NNc1ccc(C(N)=O)nn1. The van der Waals surface area contributed by atoms with Crippen molar-refractivity contribution in [1.29, 1.82) is 0 Å². The number of aromatic nitrogens is 2. The monoisotopic (exact) mass is 293 g/mol. The Bertz CT molecular complexity index is 520. The minimum Gasteiger partial charge on any atom is -0.460 e. The molecule has 8 heteroatoms. The minimum absolute atomic E-state index is 0.0782. The lowest BCUT2D eigenvalue weighted by Gasteiger charge is -2.18. The van der Waals surface area contributed by atoms with Crippen molar-refractivity contribution in [3.05, 3.63) is 17.8 Å². The zero-order valence-electron chi connectivity index (χ0n) is 12.3. The topological polar surface area (TPSA) is 120 Å². The Morgan fingerprint density at radius 1 is 1.38 bits per heavy atom. The van der Waals surface area contributed by atoms with Crippen LogP contribution in [0.1, 0.15) is 44.1 Å². The third-order valence-electron chi connectivity index (χ3n) is 2.08. The molecule has 3 N–H and O–H groups in total. The lowest BCUT2D eigenvalue weighted by atomic mass is 10.2. The molecule has 0 radical (unpaired) electrons. The van der Waals surface area contributed by atoms with E-state index in [0.717, 1.165) is 0 Å². The molecule has 1 amide bonds. The highest BCUT2D eigenvalue weighted by molar-refractivity contribution is 5.90. The van der Waals surface area contributed by atoms with E-state index in [1.54, 1.807) is 0 Å². The number of nitrogens with two attached hydrogens (primary N) is 1. The van der Waals surface area contributed by atoms with Crippen molar-refractivity contribution in [2.75, 3.05) is 5.43 Å². The first kappa shape index (κ1) is 16.5. The summed E-state index contributed by atoms with van der Waals surface area (Å²) < 4.78 is 5.15. The summed E-state index contributed by atoms with van der Waals surface area (Å²) in [5.74, 6) is -0.553. The molecule has 0 aromatic carbocycles. The predicted octanol–water partition coefficient (Wildman–Crippen LogP) is 1.10. The van der Waals surface area contributed by atoms with Gasteiger partial charge < -0.3 is 10.5 Å². The number of amides is 1. The summed E-state index contributed by atoms with van der Waals surface area (Å²) in [4.78, 5) is 22.2. The largest absolute Gasteiger partial charge is 0.460 e. The summed E-state index contributed by atoms with van der Waals surface area (Å²) in [6.45, 7) is 5.44. The zero-order chi connectivity index (χ0) is 15.9. The number of hydrogen-bond donors (Lipinski definition) is 2. The molecular formula is C13H19N5O3. The number of nitrogens with one attached hydrogen (secondary N) is 1. The van der Waals surface area contributed by atoms with Crippen molar-refractivity contribution in [1.82, 2.24) is 10.2 Å². The van der Waals surface area contributed by atoms with Crippen LogP contribution in [-0.4, -0.2) is 33.9 Å². The fourth-order valence-electron chi connectivity index (χ4n) is 1.27. The quantitative estimate of drug-likeness (QED) is 0.460. The van der Waals surface area contributed by atoms with Crippen molar-refractivity contribution in [2.45, 2.75) is 39.2 Å². The molecule has 0 saturated carbocycles. The van der Waals surface area contributed by atoms with E-state index < -0.39 is 11.5 Å². The molecule has 0 fully saturated rings. The van der Waals surface area contributed by atoms with Gasteiger partial charge in [0.05, 0.1) is 6.42 Å². The van der Waals surface area contributed by atoms with Gasteiger partial charge in [0, 0.05) is 6.21 Å². The molecule has 8 nitrogen and oxygen atoms in total. The van der Waals surface area contributed by atoms with Crippen LogP contribution in [0.2, 0.25) is 0 Å². The van der Waals surface area contributed by atoms with Gasteiger partial charge in [-0.1, -0.05) is 0 Å². The molecule has 0 unspecified atom stereocenters. The summed E-state index contributed by atoms with van der Waals surface area (Å²) in [6.07, 6.45) is 2.22. The molecule has 0 spiro atoms. The first-order valence-corrected chi connectivity index (χ1v) is 6.41. The highest BCUT2D eigenvalue weighted by atomic mass is 16.6. The molecule has 1 heterocycles. The maximum absolute atomic E-state index is 11.4. The molecule has 114 valence electrons. The molecular weight excluding hydrogens is 274 g/mol. The van der Waals surface area contributed by atoms with Gasteiger partial charge in [-0.2, -0.15) is 5.10 Å². The second kappa shape index (κ2) is 7.32. The Morgan fingerprint density at radius 3 is 2.62 bits per heavy atom. The number of nitrogens with zero attached hydrogens (tertiary/aromatic N) is 3. The molecule has 1 rings (SSSR count). The number of primary amides is 1. The van der Waals surface area contributed by atoms with E-state index >= 15 is 0 Å². The Balaban J connectivity index is 2.32.